The predicted octanol–water partition coefficient (Wildman–Crippen LogP) is 3.80. The largest absolute Gasteiger partial charge is 0.344 e. The molecule has 114 valence electrons. The van der Waals surface area contributed by atoms with Crippen molar-refractivity contribution in [3.63, 3.8) is 0 Å². The first kappa shape index (κ1) is 14.0. The molecule has 0 saturated carbocycles. The Morgan fingerprint density at radius 3 is 2.83 bits per heavy atom. The zero-order valence-electron chi connectivity index (χ0n) is 12.6. The summed E-state index contributed by atoms with van der Waals surface area (Å²) < 4.78 is 3.32. The van der Waals surface area contributed by atoms with Crippen LogP contribution in [0.5, 0.6) is 0 Å². The fraction of sp³-hybridized carbons (Fsp3) is 0.111. The molecule has 0 aliphatic heterocycles. The highest BCUT2D eigenvalue weighted by atomic mass is 32.1. The fourth-order valence-corrected chi connectivity index (χ4v) is 3.79. The molecule has 0 radical (unpaired) electrons. The second-order valence-corrected chi connectivity index (χ2v) is 6.58. The van der Waals surface area contributed by atoms with Crippen LogP contribution in [0.1, 0.15) is 5.56 Å². The number of thiazole rings is 1. The average Bonchev–Trinajstić information content (AvgIpc) is 3.13. The minimum absolute atomic E-state index is 0.620. The van der Waals surface area contributed by atoms with Crippen molar-refractivity contribution in [2.75, 3.05) is 7.05 Å². The van der Waals surface area contributed by atoms with Crippen LogP contribution in [-0.2, 0) is 11.3 Å². The summed E-state index contributed by atoms with van der Waals surface area (Å²) in [5.41, 5.74) is 4.39. The van der Waals surface area contributed by atoms with Gasteiger partial charge in [-0.1, -0.05) is 47.7 Å². The van der Waals surface area contributed by atoms with Gasteiger partial charge in [0.15, 0.2) is 4.96 Å². The number of carbonyl (C=O) groups is 1. The smallest absolute Gasteiger partial charge is 0.209 e. The van der Waals surface area contributed by atoms with Crippen molar-refractivity contribution in [3.8, 4) is 11.3 Å². The van der Waals surface area contributed by atoms with Crippen molar-refractivity contribution in [1.82, 2.24) is 14.3 Å². The number of imidazole rings is 1. The fourth-order valence-electron chi connectivity index (χ4n) is 2.72. The van der Waals surface area contributed by atoms with Crippen LogP contribution in [0, 0.1) is 0 Å². The topological polar surface area (TPSA) is 37.6 Å². The van der Waals surface area contributed by atoms with E-state index in [1.165, 1.54) is 4.70 Å². The van der Waals surface area contributed by atoms with Gasteiger partial charge >= 0.3 is 0 Å². The monoisotopic (exact) mass is 321 g/mol. The quantitative estimate of drug-likeness (QED) is 0.536. The van der Waals surface area contributed by atoms with Crippen LogP contribution in [-0.4, -0.2) is 27.7 Å². The number of nitrogens with zero attached hydrogens (tertiary/aromatic N) is 3. The molecule has 2 aromatic heterocycles. The van der Waals surface area contributed by atoms with Crippen LogP contribution >= 0.6 is 11.3 Å². The number of benzene rings is 2. The van der Waals surface area contributed by atoms with Gasteiger partial charge in [0.05, 0.1) is 15.9 Å². The molecule has 5 heteroatoms. The molecule has 0 aliphatic rings. The molecule has 0 unspecified atom stereocenters. The van der Waals surface area contributed by atoms with Crippen LogP contribution in [0.15, 0.2) is 54.7 Å². The molecule has 2 aromatic carbocycles. The van der Waals surface area contributed by atoms with Crippen LogP contribution in [0.2, 0.25) is 0 Å². The summed E-state index contributed by atoms with van der Waals surface area (Å²) in [6.07, 6.45) is 2.93. The summed E-state index contributed by atoms with van der Waals surface area (Å²) in [6.45, 7) is 0.620. The summed E-state index contributed by atoms with van der Waals surface area (Å²) in [4.78, 5) is 18.1. The Hall–Kier alpha value is -2.66. The van der Waals surface area contributed by atoms with Crippen LogP contribution in [0.25, 0.3) is 26.4 Å². The molecule has 4 rings (SSSR count). The van der Waals surface area contributed by atoms with Gasteiger partial charge < -0.3 is 4.90 Å². The van der Waals surface area contributed by atoms with Gasteiger partial charge in [0, 0.05) is 25.4 Å². The number of rotatable bonds is 4. The second kappa shape index (κ2) is 5.52. The number of carbonyl (C=O) groups excluding carboxylic acids is 1. The number of amides is 1. The Morgan fingerprint density at radius 2 is 2.04 bits per heavy atom. The normalized spacial score (nSPS) is 11.2. The average molecular weight is 321 g/mol. The predicted molar refractivity (Wildman–Crippen MR) is 93.5 cm³/mol. The maximum absolute atomic E-state index is 10.8. The third kappa shape index (κ3) is 2.49. The maximum Gasteiger partial charge on any atom is 0.209 e. The molecule has 0 saturated heterocycles. The molecule has 23 heavy (non-hydrogen) atoms. The lowest BCUT2D eigenvalue weighted by Gasteiger charge is -2.09. The van der Waals surface area contributed by atoms with Gasteiger partial charge in [0.25, 0.3) is 0 Å². The Labute approximate surface area is 137 Å². The summed E-state index contributed by atoms with van der Waals surface area (Å²) in [7, 11) is 1.78. The molecule has 0 aliphatic carbocycles. The first-order chi connectivity index (χ1) is 11.2. The Balaban J connectivity index is 1.78. The second-order valence-electron chi connectivity index (χ2n) is 5.57. The number of aromatic nitrogens is 2. The molecule has 2 heterocycles. The molecular formula is C18H15N3OS. The van der Waals surface area contributed by atoms with Crippen molar-refractivity contribution < 1.29 is 4.79 Å². The summed E-state index contributed by atoms with van der Waals surface area (Å²) in [5, 5.41) is 0. The first-order valence-corrected chi connectivity index (χ1v) is 8.18. The van der Waals surface area contributed by atoms with E-state index in [0.29, 0.717) is 6.54 Å². The van der Waals surface area contributed by atoms with Crippen LogP contribution < -0.4 is 0 Å². The maximum atomic E-state index is 10.8. The van der Waals surface area contributed by atoms with E-state index in [-0.39, 0.29) is 0 Å². The van der Waals surface area contributed by atoms with E-state index in [4.69, 9.17) is 4.98 Å². The van der Waals surface area contributed by atoms with Gasteiger partial charge in [0.1, 0.15) is 0 Å². The van der Waals surface area contributed by atoms with E-state index in [1.54, 1.807) is 23.3 Å². The standard InChI is InChI=1S/C18H15N3OS/c1-20(12-22)10-13-7-8-16-17(9-13)23-18-19-15(11-21(16)18)14-5-3-2-4-6-14/h2-9,11-12H,10H2,1H3. The van der Waals surface area contributed by atoms with Crippen molar-refractivity contribution in [1.29, 1.82) is 0 Å². The SMILES string of the molecule is CN(C=O)Cc1ccc2c(c1)sc1nc(-c3ccccc3)cn12. The highest BCUT2D eigenvalue weighted by Crippen LogP contribution is 2.30. The minimum atomic E-state index is 0.620. The molecule has 0 spiro atoms. The van der Waals surface area contributed by atoms with E-state index in [1.807, 2.05) is 18.2 Å². The van der Waals surface area contributed by atoms with Gasteiger partial charge in [-0.2, -0.15) is 0 Å². The molecule has 0 N–H and O–H groups in total. The zero-order chi connectivity index (χ0) is 15.8. The van der Waals surface area contributed by atoms with Crippen molar-refractivity contribution in [2.24, 2.45) is 0 Å². The molecule has 0 atom stereocenters. The highest BCUT2D eigenvalue weighted by Gasteiger charge is 2.10. The minimum Gasteiger partial charge on any atom is -0.344 e. The van der Waals surface area contributed by atoms with Crippen molar-refractivity contribution in [3.05, 3.63) is 60.3 Å². The summed E-state index contributed by atoms with van der Waals surface area (Å²) >= 11 is 1.67. The Kier molecular flexibility index (Phi) is 3.35. The molecule has 0 bridgehead atoms. The van der Waals surface area contributed by atoms with E-state index in [0.717, 1.165) is 33.7 Å². The van der Waals surface area contributed by atoms with Gasteiger partial charge in [-0.25, -0.2) is 4.98 Å². The lowest BCUT2D eigenvalue weighted by Crippen LogP contribution is -2.14. The third-order valence-electron chi connectivity index (χ3n) is 3.84. The lowest BCUT2D eigenvalue weighted by atomic mass is 10.2. The van der Waals surface area contributed by atoms with Gasteiger partial charge in [-0.3, -0.25) is 9.20 Å². The van der Waals surface area contributed by atoms with E-state index in [2.05, 4.69) is 40.9 Å². The molecule has 4 aromatic rings. The lowest BCUT2D eigenvalue weighted by molar-refractivity contribution is -0.117. The molecule has 1 amide bonds. The van der Waals surface area contributed by atoms with Crippen molar-refractivity contribution >= 4 is 32.9 Å². The molecule has 0 fully saturated rings. The summed E-state index contributed by atoms with van der Waals surface area (Å²) in [5.74, 6) is 0. The van der Waals surface area contributed by atoms with E-state index < -0.39 is 0 Å². The van der Waals surface area contributed by atoms with Gasteiger partial charge in [-0.05, 0) is 17.7 Å². The van der Waals surface area contributed by atoms with E-state index in [9.17, 15) is 4.79 Å². The highest BCUT2D eigenvalue weighted by molar-refractivity contribution is 7.23. The first-order valence-electron chi connectivity index (χ1n) is 7.36. The van der Waals surface area contributed by atoms with Crippen LogP contribution in [0.3, 0.4) is 0 Å². The van der Waals surface area contributed by atoms with Crippen molar-refractivity contribution in [2.45, 2.75) is 6.54 Å². The van der Waals surface area contributed by atoms with Gasteiger partial charge in [0.2, 0.25) is 6.41 Å². The van der Waals surface area contributed by atoms with E-state index >= 15 is 0 Å². The zero-order valence-corrected chi connectivity index (χ0v) is 13.5. The van der Waals surface area contributed by atoms with Gasteiger partial charge in [-0.15, -0.1) is 0 Å². The summed E-state index contributed by atoms with van der Waals surface area (Å²) in [6, 6.07) is 16.5. The number of hydrogen-bond acceptors (Lipinski definition) is 3. The molecular weight excluding hydrogens is 306 g/mol. The Bertz CT molecular complexity index is 988. The molecule has 4 nitrogen and oxygen atoms in total. The number of hydrogen-bond donors (Lipinski definition) is 0. The number of fused-ring (bicyclic) bond motifs is 3. The Morgan fingerprint density at radius 1 is 1.22 bits per heavy atom. The third-order valence-corrected chi connectivity index (χ3v) is 4.86. The van der Waals surface area contributed by atoms with Crippen LogP contribution in [0.4, 0.5) is 0 Å².